The predicted molar refractivity (Wildman–Crippen MR) is 78.3 cm³/mol. The van der Waals surface area contributed by atoms with E-state index in [1.807, 2.05) is 30.3 Å². The van der Waals surface area contributed by atoms with Crippen LogP contribution in [-0.4, -0.2) is 22.3 Å². The maximum Gasteiger partial charge on any atom is 0.213 e. The SMILES string of the molecule is C#CNc1ccc2[nH]nc(-c3ccnc(OC)c3)c2c1. The van der Waals surface area contributed by atoms with Crippen molar-refractivity contribution >= 4 is 16.6 Å². The molecule has 0 atom stereocenters. The molecule has 0 bridgehead atoms. The molecule has 0 spiro atoms. The first-order chi connectivity index (χ1) is 9.81. The van der Waals surface area contributed by atoms with E-state index in [1.165, 1.54) is 0 Å². The molecule has 0 aliphatic rings. The van der Waals surface area contributed by atoms with Gasteiger partial charge in [0.2, 0.25) is 5.88 Å². The number of aromatic amines is 1. The average molecular weight is 264 g/mol. The molecule has 0 aliphatic carbocycles. The number of nitrogens with zero attached hydrogens (tertiary/aromatic N) is 2. The number of ether oxygens (including phenoxy) is 1. The first-order valence-corrected chi connectivity index (χ1v) is 6.02. The highest BCUT2D eigenvalue weighted by molar-refractivity contribution is 5.95. The van der Waals surface area contributed by atoms with Gasteiger partial charge >= 0.3 is 0 Å². The maximum atomic E-state index is 5.26. The highest BCUT2D eigenvalue weighted by atomic mass is 16.5. The number of terminal acetylenes is 1. The molecular formula is C15H12N4O. The second-order valence-electron chi connectivity index (χ2n) is 4.19. The van der Waals surface area contributed by atoms with E-state index in [2.05, 4.69) is 26.5 Å². The van der Waals surface area contributed by atoms with Crippen LogP contribution in [0.1, 0.15) is 0 Å². The molecule has 2 aromatic heterocycles. The molecule has 0 unspecified atom stereocenters. The molecule has 0 amide bonds. The number of H-pyrrole nitrogens is 1. The summed E-state index contributed by atoms with van der Waals surface area (Å²) in [4.78, 5) is 4.10. The number of benzene rings is 1. The lowest BCUT2D eigenvalue weighted by molar-refractivity contribution is 0.398. The van der Waals surface area contributed by atoms with Crippen LogP contribution in [-0.2, 0) is 0 Å². The van der Waals surface area contributed by atoms with E-state index in [0.29, 0.717) is 5.88 Å². The highest BCUT2D eigenvalue weighted by Gasteiger charge is 2.10. The molecule has 20 heavy (non-hydrogen) atoms. The zero-order valence-electron chi connectivity index (χ0n) is 10.8. The fourth-order valence-corrected chi connectivity index (χ4v) is 2.06. The lowest BCUT2D eigenvalue weighted by atomic mass is 10.1. The van der Waals surface area contributed by atoms with Gasteiger partial charge in [-0.2, -0.15) is 5.10 Å². The number of anilines is 1. The second-order valence-corrected chi connectivity index (χ2v) is 4.19. The van der Waals surface area contributed by atoms with Gasteiger partial charge in [-0.15, -0.1) is 0 Å². The van der Waals surface area contributed by atoms with Crippen LogP contribution >= 0.6 is 0 Å². The minimum Gasteiger partial charge on any atom is -0.481 e. The molecule has 3 aromatic rings. The smallest absolute Gasteiger partial charge is 0.213 e. The van der Waals surface area contributed by atoms with Crippen LogP contribution in [0.25, 0.3) is 22.2 Å². The van der Waals surface area contributed by atoms with Crippen LogP contribution in [0.5, 0.6) is 5.88 Å². The van der Waals surface area contributed by atoms with Crippen LogP contribution in [0.2, 0.25) is 0 Å². The lowest BCUT2D eigenvalue weighted by Gasteiger charge is -2.02. The van der Waals surface area contributed by atoms with Crippen molar-refractivity contribution in [2.75, 3.05) is 12.4 Å². The van der Waals surface area contributed by atoms with Crippen LogP contribution in [0.15, 0.2) is 36.5 Å². The fourth-order valence-electron chi connectivity index (χ4n) is 2.06. The fraction of sp³-hybridized carbons (Fsp3) is 0.0667. The van der Waals surface area contributed by atoms with Crippen molar-refractivity contribution < 1.29 is 4.74 Å². The van der Waals surface area contributed by atoms with Gasteiger partial charge < -0.3 is 10.1 Å². The Balaban J connectivity index is 2.15. The Labute approximate surface area is 116 Å². The van der Waals surface area contributed by atoms with Gasteiger partial charge in [0, 0.05) is 34.9 Å². The first-order valence-electron chi connectivity index (χ1n) is 6.02. The second kappa shape index (κ2) is 4.94. The Morgan fingerprint density at radius 2 is 2.20 bits per heavy atom. The van der Waals surface area contributed by atoms with Crippen molar-refractivity contribution in [3.05, 3.63) is 36.5 Å². The third kappa shape index (κ3) is 2.04. The third-order valence-corrected chi connectivity index (χ3v) is 3.00. The molecule has 3 rings (SSSR count). The van der Waals surface area contributed by atoms with Crippen molar-refractivity contribution in [3.8, 4) is 29.6 Å². The van der Waals surface area contributed by atoms with Crippen molar-refractivity contribution in [1.82, 2.24) is 15.2 Å². The van der Waals surface area contributed by atoms with Gasteiger partial charge in [-0.3, -0.25) is 5.10 Å². The normalized spacial score (nSPS) is 10.2. The molecule has 2 heterocycles. The van der Waals surface area contributed by atoms with Crippen LogP contribution in [0.3, 0.4) is 0 Å². The monoisotopic (exact) mass is 264 g/mol. The summed E-state index contributed by atoms with van der Waals surface area (Å²) in [6.07, 6.45) is 6.95. The topological polar surface area (TPSA) is 62.8 Å². The van der Waals surface area contributed by atoms with Crippen molar-refractivity contribution in [3.63, 3.8) is 0 Å². The Morgan fingerprint density at radius 3 is 3.00 bits per heavy atom. The molecular weight excluding hydrogens is 252 g/mol. The molecule has 2 N–H and O–H groups in total. The van der Waals surface area contributed by atoms with Crippen molar-refractivity contribution in [2.45, 2.75) is 0 Å². The number of aromatic nitrogens is 3. The van der Waals surface area contributed by atoms with Crippen LogP contribution < -0.4 is 10.1 Å². The molecule has 0 fully saturated rings. The van der Waals surface area contributed by atoms with Gasteiger partial charge in [-0.1, -0.05) is 6.42 Å². The number of rotatable bonds is 3. The Morgan fingerprint density at radius 1 is 1.30 bits per heavy atom. The van der Waals surface area contributed by atoms with E-state index in [4.69, 9.17) is 11.2 Å². The molecule has 1 aromatic carbocycles. The van der Waals surface area contributed by atoms with E-state index < -0.39 is 0 Å². The van der Waals surface area contributed by atoms with Gasteiger partial charge in [-0.25, -0.2) is 4.98 Å². The molecule has 98 valence electrons. The first kappa shape index (κ1) is 12.1. The standard InChI is InChI=1S/C15H12N4O/c1-3-16-11-4-5-13-12(9-11)15(19-18-13)10-6-7-17-14(8-10)20-2/h1,4-9,16H,2H3,(H,18,19). The minimum atomic E-state index is 0.552. The molecule has 5 heteroatoms. The Hall–Kier alpha value is -3.00. The van der Waals surface area contributed by atoms with E-state index in [1.54, 1.807) is 13.3 Å². The summed E-state index contributed by atoms with van der Waals surface area (Å²) in [5.41, 5.74) is 3.56. The van der Waals surface area contributed by atoms with E-state index in [-0.39, 0.29) is 0 Å². The predicted octanol–water partition coefficient (Wildman–Crippen LogP) is 2.64. The molecule has 0 radical (unpaired) electrons. The number of methoxy groups -OCH3 is 1. The zero-order chi connectivity index (χ0) is 13.9. The molecule has 5 nitrogen and oxygen atoms in total. The summed E-state index contributed by atoms with van der Waals surface area (Å²) in [7, 11) is 1.59. The summed E-state index contributed by atoms with van der Waals surface area (Å²) in [6.45, 7) is 0. The number of pyridine rings is 1. The quantitative estimate of drug-likeness (QED) is 0.564. The number of nitrogens with one attached hydrogen (secondary N) is 2. The molecule has 0 saturated heterocycles. The number of fused-ring (bicyclic) bond motifs is 1. The zero-order valence-corrected chi connectivity index (χ0v) is 10.8. The van der Waals surface area contributed by atoms with Crippen LogP contribution in [0, 0.1) is 12.5 Å². The summed E-state index contributed by atoms with van der Waals surface area (Å²) >= 11 is 0. The van der Waals surface area contributed by atoms with Crippen molar-refractivity contribution in [2.24, 2.45) is 0 Å². The maximum absolute atomic E-state index is 5.26. The van der Waals surface area contributed by atoms with Gasteiger partial charge in [0.1, 0.15) is 5.69 Å². The van der Waals surface area contributed by atoms with Gasteiger partial charge in [0.15, 0.2) is 0 Å². The van der Waals surface area contributed by atoms with E-state index in [0.717, 1.165) is 27.8 Å². The van der Waals surface area contributed by atoms with Crippen molar-refractivity contribution in [1.29, 1.82) is 0 Å². The summed E-state index contributed by atoms with van der Waals surface area (Å²) in [5.74, 6) is 0.552. The summed E-state index contributed by atoms with van der Waals surface area (Å²) < 4.78 is 5.14. The minimum absolute atomic E-state index is 0.552. The van der Waals surface area contributed by atoms with Crippen LogP contribution in [0.4, 0.5) is 5.69 Å². The van der Waals surface area contributed by atoms with E-state index >= 15 is 0 Å². The third-order valence-electron chi connectivity index (χ3n) is 3.00. The highest BCUT2D eigenvalue weighted by Crippen LogP contribution is 2.29. The molecule has 0 aliphatic heterocycles. The number of hydrogen-bond acceptors (Lipinski definition) is 4. The Kier molecular flexibility index (Phi) is 2.98. The summed E-state index contributed by atoms with van der Waals surface area (Å²) in [5, 5.41) is 11.2. The molecule has 0 saturated carbocycles. The number of hydrogen-bond donors (Lipinski definition) is 2. The summed E-state index contributed by atoms with van der Waals surface area (Å²) in [6, 6.07) is 11.9. The average Bonchev–Trinajstić information content (AvgIpc) is 2.91. The van der Waals surface area contributed by atoms with Gasteiger partial charge in [0.05, 0.1) is 12.6 Å². The largest absolute Gasteiger partial charge is 0.481 e. The lowest BCUT2D eigenvalue weighted by Crippen LogP contribution is -1.88. The van der Waals surface area contributed by atoms with E-state index in [9.17, 15) is 0 Å². The van der Waals surface area contributed by atoms with Gasteiger partial charge in [-0.05, 0) is 24.3 Å². The van der Waals surface area contributed by atoms with Gasteiger partial charge in [0.25, 0.3) is 0 Å². The Bertz CT molecular complexity index is 801.